The van der Waals surface area contributed by atoms with E-state index in [-0.39, 0.29) is 0 Å². The van der Waals surface area contributed by atoms with Crippen molar-refractivity contribution < 1.29 is 4.79 Å². The molecular formula is C12H19NO. The summed E-state index contributed by atoms with van der Waals surface area (Å²) in [5, 5.41) is 0. The molecule has 0 unspecified atom stereocenters. The Morgan fingerprint density at radius 3 is 2.29 bits per heavy atom. The van der Waals surface area contributed by atoms with E-state index < -0.39 is 0 Å². The van der Waals surface area contributed by atoms with Gasteiger partial charge in [-0.25, -0.2) is 0 Å². The summed E-state index contributed by atoms with van der Waals surface area (Å²) in [4.78, 5) is 14.4. The third kappa shape index (κ3) is 1.60. The van der Waals surface area contributed by atoms with Gasteiger partial charge in [-0.05, 0) is 31.6 Å². The number of hydrogen-bond donors (Lipinski definition) is 0. The van der Waals surface area contributed by atoms with E-state index in [1.807, 2.05) is 0 Å². The minimum atomic E-state index is 0.404. The van der Waals surface area contributed by atoms with E-state index in [1.165, 1.54) is 25.8 Å². The number of carbonyl (C=O) groups is 1. The third-order valence-corrected chi connectivity index (χ3v) is 4.08. The molecule has 14 heavy (non-hydrogen) atoms. The highest BCUT2D eigenvalue weighted by Crippen LogP contribution is 2.35. The molecule has 3 rings (SSSR count). The van der Waals surface area contributed by atoms with Crippen molar-refractivity contribution in [2.75, 3.05) is 19.6 Å². The minimum Gasteiger partial charge on any atom is -0.302 e. The van der Waals surface area contributed by atoms with Crippen molar-refractivity contribution in [3.63, 3.8) is 0 Å². The van der Waals surface area contributed by atoms with E-state index in [1.54, 1.807) is 0 Å². The van der Waals surface area contributed by atoms with Gasteiger partial charge in [0.05, 0.1) is 0 Å². The highest BCUT2D eigenvalue weighted by atomic mass is 16.1. The van der Waals surface area contributed by atoms with Gasteiger partial charge in [0.2, 0.25) is 0 Å². The van der Waals surface area contributed by atoms with Crippen molar-refractivity contribution in [2.24, 2.45) is 17.8 Å². The van der Waals surface area contributed by atoms with Gasteiger partial charge in [0.1, 0.15) is 5.78 Å². The van der Waals surface area contributed by atoms with Crippen LogP contribution in [-0.2, 0) is 4.79 Å². The van der Waals surface area contributed by atoms with E-state index in [2.05, 4.69) is 4.90 Å². The summed E-state index contributed by atoms with van der Waals surface area (Å²) in [5.41, 5.74) is 0. The van der Waals surface area contributed by atoms with Gasteiger partial charge in [-0.1, -0.05) is 6.42 Å². The van der Waals surface area contributed by atoms with Crippen LogP contribution in [0.5, 0.6) is 0 Å². The second-order valence-corrected chi connectivity index (χ2v) is 5.39. The summed E-state index contributed by atoms with van der Waals surface area (Å²) in [7, 11) is 0. The minimum absolute atomic E-state index is 0.404. The fourth-order valence-corrected chi connectivity index (χ4v) is 3.10. The number of hydrogen-bond acceptors (Lipinski definition) is 2. The van der Waals surface area contributed by atoms with Gasteiger partial charge in [-0.2, -0.15) is 0 Å². The predicted molar refractivity (Wildman–Crippen MR) is 55.0 cm³/mol. The molecule has 0 amide bonds. The molecule has 2 saturated carbocycles. The molecule has 1 saturated heterocycles. The fourth-order valence-electron chi connectivity index (χ4n) is 3.10. The summed E-state index contributed by atoms with van der Waals surface area (Å²) in [5.74, 6) is 2.37. The summed E-state index contributed by atoms with van der Waals surface area (Å²) in [6, 6.07) is 0. The van der Waals surface area contributed by atoms with Gasteiger partial charge < -0.3 is 4.90 Å². The Hall–Kier alpha value is -0.370. The molecular weight excluding hydrogens is 174 g/mol. The lowest BCUT2D eigenvalue weighted by Crippen LogP contribution is -2.49. The van der Waals surface area contributed by atoms with Crippen LogP contribution in [0.25, 0.3) is 0 Å². The maximum absolute atomic E-state index is 11.8. The molecule has 2 aliphatic carbocycles. The number of Topliss-reactive ketones (excluding diaryl/α,β-unsaturated/α-hetero) is 1. The van der Waals surface area contributed by atoms with Crippen molar-refractivity contribution in [3.05, 3.63) is 0 Å². The van der Waals surface area contributed by atoms with Crippen molar-refractivity contribution in [2.45, 2.75) is 32.1 Å². The topological polar surface area (TPSA) is 20.3 Å². The molecule has 3 aliphatic rings. The average molecular weight is 193 g/mol. The number of likely N-dealkylation sites (tertiary alicyclic amines) is 1. The van der Waals surface area contributed by atoms with Gasteiger partial charge in [-0.15, -0.1) is 0 Å². The first-order valence-electron chi connectivity index (χ1n) is 6.09. The van der Waals surface area contributed by atoms with Crippen LogP contribution < -0.4 is 0 Å². The monoisotopic (exact) mass is 193 g/mol. The molecule has 0 radical (unpaired) electrons. The standard InChI is InChI=1S/C12H19NO/c14-12-10-2-1-3-11(12)8-13(7-10)6-9-4-5-9/h9-11H,1-8H2/t10-,11+. The number of rotatable bonds is 2. The molecule has 0 aromatic carbocycles. The van der Waals surface area contributed by atoms with Crippen LogP contribution in [-0.4, -0.2) is 30.3 Å². The largest absolute Gasteiger partial charge is 0.302 e. The molecule has 0 aromatic rings. The Balaban J connectivity index is 1.65. The van der Waals surface area contributed by atoms with E-state index in [0.717, 1.165) is 31.8 Å². The fraction of sp³-hybridized carbons (Fsp3) is 0.917. The number of nitrogens with zero attached hydrogens (tertiary/aromatic N) is 1. The second kappa shape index (κ2) is 3.34. The Kier molecular flexibility index (Phi) is 2.12. The SMILES string of the molecule is O=C1[C@@H]2CCC[C@H]1CN(CC1CC1)C2. The quantitative estimate of drug-likeness (QED) is 0.665. The maximum Gasteiger partial charge on any atom is 0.141 e. The van der Waals surface area contributed by atoms with Gasteiger partial charge in [0, 0.05) is 31.5 Å². The van der Waals surface area contributed by atoms with E-state index in [4.69, 9.17) is 0 Å². The van der Waals surface area contributed by atoms with E-state index in [0.29, 0.717) is 17.6 Å². The van der Waals surface area contributed by atoms with Crippen LogP contribution in [0, 0.1) is 17.8 Å². The number of carbonyl (C=O) groups excluding carboxylic acids is 1. The Morgan fingerprint density at radius 1 is 1.07 bits per heavy atom. The molecule has 3 fully saturated rings. The molecule has 1 heterocycles. The zero-order chi connectivity index (χ0) is 9.54. The summed E-state index contributed by atoms with van der Waals surface area (Å²) in [6.45, 7) is 3.43. The Labute approximate surface area is 85.7 Å². The third-order valence-electron chi connectivity index (χ3n) is 4.08. The van der Waals surface area contributed by atoms with Crippen LogP contribution in [0.4, 0.5) is 0 Å². The molecule has 78 valence electrons. The molecule has 2 bridgehead atoms. The first-order valence-corrected chi connectivity index (χ1v) is 6.09. The lowest BCUT2D eigenvalue weighted by molar-refractivity contribution is -0.134. The lowest BCUT2D eigenvalue weighted by Gasteiger charge is -2.40. The maximum atomic E-state index is 11.8. The first kappa shape index (κ1) is 8.90. The van der Waals surface area contributed by atoms with Gasteiger partial charge in [0.25, 0.3) is 0 Å². The molecule has 1 aliphatic heterocycles. The van der Waals surface area contributed by atoms with Crippen molar-refractivity contribution in [3.8, 4) is 0 Å². The van der Waals surface area contributed by atoms with Crippen LogP contribution >= 0.6 is 0 Å². The van der Waals surface area contributed by atoms with Crippen LogP contribution in [0.1, 0.15) is 32.1 Å². The predicted octanol–water partition coefficient (Wildman–Crippen LogP) is 1.70. The normalized spacial score (nSPS) is 38.7. The first-order chi connectivity index (χ1) is 6.83. The van der Waals surface area contributed by atoms with E-state index >= 15 is 0 Å². The van der Waals surface area contributed by atoms with Crippen LogP contribution in [0.15, 0.2) is 0 Å². The summed E-state index contributed by atoms with van der Waals surface area (Å²) >= 11 is 0. The second-order valence-electron chi connectivity index (χ2n) is 5.39. The number of fused-ring (bicyclic) bond motifs is 2. The van der Waals surface area contributed by atoms with E-state index in [9.17, 15) is 4.79 Å². The van der Waals surface area contributed by atoms with Gasteiger partial charge in [-0.3, -0.25) is 4.79 Å². The zero-order valence-corrected chi connectivity index (χ0v) is 8.74. The Bertz CT molecular complexity index is 231. The van der Waals surface area contributed by atoms with Crippen molar-refractivity contribution in [1.82, 2.24) is 4.90 Å². The van der Waals surface area contributed by atoms with Gasteiger partial charge >= 0.3 is 0 Å². The number of ketones is 1. The van der Waals surface area contributed by atoms with Crippen molar-refractivity contribution in [1.29, 1.82) is 0 Å². The number of piperidine rings is 1. The average Bonchev–Trinajstić information content (AvgIpc) is 2.90. The highest BCUT2D eigenvalue weighted by Gasteiger charge is 2.39. The van der Waals surface area contributed by atoms with Gasteiger partial charge in [0.15, 0.2) is 0 Å². The molecule has 0 spiro atoms. The smallest absolute Gasteiger partial charge is 0.141 e. The Morgan fingerprint density at radius 2 is 1.71 bits per heavy atom. The molecule has 2 nitrogen and oxygen atoms in total. The highest BCUT2D eigenvalue weighted by molar-refractivity contribution is 5.85. The zero-order valence-electron chi connectivity index (χ0n) is 8.74. The molecule has 0 aromatic heterocycles. The lowest BCUT2D eigenvalue weighted by atomic mass is 9.76. The van der Waals surface area contributed by atoms with Crippen molar-refractivity contribution >= 4 is 5.78 Å². The molecule has 2 atom stereocenters. The molecule has 0 N–H and O–H groups in total. The van der Waals surface area contributed by atoms with Crippen LogP contribution in [0.3, 0.4) is 0 Å². The molecule has 2 heteroatoms. The van der Waals surface area contributed by atoms with Crippen LogP contribution in [0.2, 0.25) is 0 Å². The summed E-state index contributed by atoms with van der Waals surface area (Å²) in [6.07, 6.45) is 6.48. The summed E-state index contributed by atoms with van der Waals surface area (Å²) < 4.78 is 0.